The van der Waals surface area contributed by atoms with E-state index in [-0.39, 0.29) is 5.97 Å². The molecule has 0 aliphatic carbocycles. The van der Waals surface area contributed by atoms with Gasteiger partial charge in [0.1, 0.15) is 0 Å². The summed E-state index contributed by atoms with van der Waals surface area (Å²) in [7, 11) is 2.38. The minimum absolute atomic E-state index is 0.329. The summed E-state index contributed by atoms with van der Waals surface area (Å²) in [6.07, 6.45) is 2.68. The molecule has 0 aromatic heterocycles. The Bertz CT molecular complexity index is 255. The average Bonchev–Trinajstić information content (AvgIpc) is 2.38. The van der Waals surface area contributed by atoms with Crippen LogP contribution in [0.1, 0.15) is 26.2 Å². The highest BCUT2D eigenvalue weighted by atomic mass is 28.4. The number of ether oxygens (including phenoxy) is 1. The van der Waals surface area contributed by atoms with Crippen molar-refractivity contribution in [1.82, 2.24) is 0 Å². The number of rotatable bonds is 10. The maximum atomic E-state index is 11.1. The van der Waals surface area contributed by atoms with Crippen molar-refractivity contribution < 1.29 is 22.8 Å². The third-order valence-electron chi connectivity index (χ3n) is 2.64. The fourth-order valence-corrected chi connectivity index (χ4v) is 3.26. The van der Waals surface area contributed by atoms with Crippen LogP contribution >= 0.6 is 0 Å². The van der Waals surface area contributed by atoms with Crippen molar-refractivity contribution in [3.05, 3.63) is 12.2 Å². The van der Waals surface area contributed by atoms with Crippen molar-refractivity contribution in [3.8, 4) is 0 Å². The number of unbranched alkanes of at least 4 members (excludes halogenated alkanes) is 2. The third kappa shape index (κ3) is 6.30. The van der Waals surface area contributed by atoms with Crippen molar-refractivity contribution in [2.24, 2.45) is 0 Å². The number of carbonyl (C=O) groups is 1. The summed E-state index contributed by atoms with van der Waals surface area (Å²) in [4.78, 5) is 11.1. The van der Waals surface area contributed by atoms with Crippen molar-refractivity contribution in [3.63, 3.8) is 0 Å². The zero-order valence-electron chi connectivity index (χ0n) is 11.8. The minimum Gasteiger partial charge on any atom is -0.462 e. The topological polar surface area (TPSA) is 54.0 Å². The van der Waals surface area contributed by atoms with E-state index in [1.165, 1.54) is 0 Å². The zero-order valence-corrected chi connectivity index (χ0v) is 12.8. The first kappa shape index (κ1) is 17.3. The van der Waals surface area contributed by atoms with Gasteiger partial charge in [0.25, 0.3) is 0 Å². The van der Waals surface area contributed by atoms with E-state index in [4.69, 9.17) is 18.0 Å². The number of hydrogen-bond donors (Lipinski definition) is 0. The lowest BCUT2D eigenvalue weighted by atomic mass is 10.3. The second-order valence-corrected chi connectivity index (χ2v) is 7.11. The number of esters is 1. The molecular formula is C12H24O5Si. The molecule has 0 heterocycles. The van der Waals surface area contributed by atoms with Gasteiger partial charge in [0, 0.05) is 32.9 Å². The van der Waals surface area contributed by atoms with Crippen LogP contribution in [-0.2, 0) is 22.8 Å². The Kier molecular flexibility index (Phi) is 8.91. The molecule has 0 saturated carbocycles. The van der Waals surface area contributed by atoms with Crippen molar-refractivity contribution in [1.29, 1.82) is 0 Å². The van der Waals surface area contributed by atoms with Gasteiger partial charge in [-0.05, 0) is 19.8 Å². The largest absolute Gasteiger partial charge is 0.500 e. The lowest BCUT2D eigenvalue weighted by Crippen LogP contribution is -2.42. The molecule has 6 heteroatoms. The van der Waals surface area contributed by atoms with E-state index in [0.29, 0.717) is 12.2 Å². The van der Waals surface area contributed by atoms with E-state index in [1.807, 2.05) is 0 Å². The lowest BCUT2D eigenvalue weighted by molar-refractivity contribution is -0.139. The third-order valence-corrected chi connectivity index (χ3v) is 5.47. The van der Waals surface area contributed by atoms with Gasteiger partial charge in [0.2, 0.25) is 0 Å². The van der Waals surface area contributed by atoms with Crippen LogP contribution in [0.25, 0.3) is 0 Å². The molecule has 0 bridgehead atoms. The van der Waals surface area contributed by atoms with Gasteiger partial charge in [-0.3, -0.25) is 0 Å². The second kappa shape index (κ2) is 9.27. The Morgan fingerprint density at radius 1 is 1.06 bits per heavy atom. The molecule has 0 rings (SSSR count). The van der Waals surface area contributed by atoms with Crippen LogP contribution in [0.15, 0.2) is 12.2 Å². The standard InChI is InChI=1S/C12H24O5Si/c1-11(2)12(13)17-9-7-6-8-10-18(14-3,15-4)16-5/h1,6-10H2,2-5H3. The zero-order chi connectivity index (χ0) is 14.0. The van der Waals surface area contributed by atoms with Gasteiger partial charge < -0.3 is 18.0 Å². The normalized spacial score (nSPS) is 11.3. The fourth-order valence-electron chi connectivity index (χ4n) is 1.46. The van der Waals surface area contributed by atoms with Gasteiger partial charge in [-0.15, -0.1) is 0 Å². The van der Waals surface area contributed by atoms with Gasteiger partial charge in [-0.2, -0.15) is 0 Å². The SMILES string of the molecule is C=C(C)C(=O)OCCCCC[Si](OC)(OC)OC. The monoisotopic (exact) mass is 276 g/mol. The molecule has 5 nitrogen and oxygen atoms in total. The molecule has 0 N–H and O–H groups in total. The van der Waals surface area contributed by atoms with E-state index >= 15 is 0 Å². The van der Waals surface area contributed by atoms with Gasteiger partial charge in [-0.1, -0.05) is 13.0 Å². The van der Waals surface area contributed by atoms with Crippen LogP contribution in [0.3, 0.4) is 0 Å². The summed E-state index contributed by atoms with van der Waals surface area (Å²) in [6, 6.07) is 0.769. The molecule has 18 heavy (non-hydrogen) atoms. The molecule has 0 radical (unpaired) electrons. The molecule has 0 aromatic rings. The predicted molar refractivity (Wildman–Crippen MR) is 71.2 cm³/mol. The van der Waals surface area contributed by atoms with E-state index in [1.54, 1.807) is 28.3 Å². The summed E-state index contributed by atoms with van der Waals surface area (Å²) >= 11 is 0. The number of hydrogen-bond acceptors (Lipinski definition) is 5. The van der Waals surface area contributed by atoms with E-state index in [0.717, 1.165) is 25.3 Å². The Labute approximate surface area is 110 Å². The maximum Gasteiger partial charge on any atom is 0.500 e. The molecule has 0 fully saturated rings. The van der Waals surface area contributed by atoms with Gasteiger partial charge in [0.15, 0.2) is 0 Å². The highest BCUT2D eigenvalue weighted by Crippen LogP contribution is 2.17. The molecule has 0 aliphatic rings. The number of carbonyl (C=O) groups excluding carboxylic acids is 1. The quantitative estimate of drug-likeness (QED) is 0.265. The molecule has 0 unspecified atom stereocenters. The van der Waals surface area contributed by atoms with Crippen molar-refractivity contribution in [2.45, 2.75) is 32.2 Å². The van der Waals surface area contributed by atoms with Crippen molar-refractivity contribution >= 4 is 14.8 Å². The highest BCUT2D eigenvalue weighted by molar-refractivity contribution is 6.60. The fraction of sp³-hybridized carbons (Fsp3) is 0.750. The first-order valence-electron chi connectivity index (χ1n) is 5.99. The highest BCUT2D eigenvalue weighted by Gasteiger charge is 2.36. The lowest BCUT2D eigenvalue weighted by Gasteiger charge is -2.24. The average molecular weight is 276 g/mol. The molecule has 0 saturated heterocycles. The van der Waals surface area contributed by atoms with Gasteiger partial charge in [-0.25, -0.2) is 4.79 Å². The molecule has 0 amide bonds. The molecule has 0 aliphatic heterocycles. The van der Waals surface area contributed by atoms with Crippen LogP contribution in [0, 0.1) is 0 Å². The van der Waals surface area contributed by atoms with Gasteiger partial charge in [0.05, 0.1) is 6.61 Å². The van der Waals surface area contributed by atoms with Crippen LogP contribution in [0.5, 0.6) is 0 Å². The van der Waals surface area contributed by atoms with E-state index in [9.17, 15) is 4.79 Å². The Morgan fingerprint density at radius 2 is 1.61 bits per heavy atom. The molecule has 0 spiro atoms. The maximum absolute atomic E-state index is 11.1. The summed E-state index contributed by atoms with van der Waals surface area (Å²) in [5.74, 6) is -0.329. The van der Waals surface area contributed by atoms with Crippen LogP contribution < -0.4 is 0 Å². The Hall–Kier alpha value is -0.693. The first-order valence-corrected chi connectivity index (χ1v) is 7.92. The summed E-state index contributed by atoms with van der Waals surface area (Å²) in [6.45, 7) is 5.58. The van der Waals surface area contributed by atoms with Gasteiger partial charge >= 0.3 is 14.8 Å². The summed E-state index contributed by atoms with van der Waals surface area (Å²) < 4.78 is 20.9. The predicted octanol–water partition coefficient (Wildman–Crippen LogP) is 2.15. The van der Waals surface area contributed by atoms with Crippen LogP contribution in [0.4, 0.5) is 0 Å². The molecular weight excluding hydrogens is 252 g/mol. The Balaban J connectivity index is 3.67. The van der Waals surface area contributed by atoms with Crippen LogP contribution in [-0.4, -0.2) is 42.7 Å². The first-order chi connectivity index (χ1) is 8.51. The Morgan fingerprint density at radius 3 is 2.06 bits per heavy atom. The van der Waals surface area contributed by atoms with E-state index < -0.39 is 8.80 Å². The summed E-state index contributed by atoms with van der Waals surface area (Å²) in [5.41, 5.74) is 0.430. The summed E-state index contributed by atoms with van der Waals surface area (Å²) in [5, 5.41) is 0. The van der Waals surface area contributed by atoms with E-state index in [2.05, 4.69) is 6.58 Å². The molecule has 106 valence electrons. The van der Waals surface area contributed by atoms with Crippen LogP contribution in [0.2, 0.25) is 6.04 Å². The molecule has 0 aromatic carbocycles. The second-order valence-electron chi connectivity index (χ2n) is 4.02. The smallest absolute Gasteiger partial charge is 0.462 e. The molecule has 0 atom stereocenters. The minimum atomic E-state index is -2.44. The van der Waals surface area contributed by atoms with Crippen molar-refractivity contribution in [2.75, 3.05) is 27.9 Å².